The molecule has 0 saturated heterocycles. The molecule has 134 valence electrons. The average molecular weight is 348 g/mol. The number of hydrogen-bond acceptors (Lipinski definition) is 6. The van der Waals surface area contributed by atoms with Crippen LogP contribution in [0.15, 0.2) is 36.4 Å². The highest BCUT2D eigenvalue weighted by Gasteiger charge is 2.02. The lowest BCUT2D eigenvalue weighted by Crippen LogP contribution is -2.07. The summed E-state index contributed by atoms with van der Waals surface area (Å²) >= 11 is 0. The molecule has 2 heterocycles. The number of rotatable bonds is 6. The molecule has 0 atom stereocenters. The van der Waals surface area contributed by atoms with E-state index in [-0.39, 0.29) is 0 Å². The third-order valence-electron chi connectivity index (χ3n) is 3.86. The zero-order valence-electron chi connectivity index (χ0n) is 15.7. The zero-order chi connectivity index (χ0) is 18.5. The predicted molar refractivity (Wildman–Crippen MR) is 104 cm³/mol. The van der Waals surface area contributed by atoms with Gasteiger partial charge in [0, 0.05) is 35.9 Å². The zero-order valence-corrected chi connectivity index (χ0v) is 15.7. The number of aromatic nitrogens is 4. The van der Waals surface area contributed by atoms with Crippen molar-refractivity contribution in [2.24, 2.45) is 0 Å². The Morgan fingerprint density at radius 3 is 1.38 bits per heavy atom. The van der Waals surface area contributed by atoms with Gasteiger partial charge in [0.15, 0.2) is 0 Å². The molecular weight excluding hydrogens is 324 g/mol. The maximum Gasteiger partial charge on any atom is 0.223 e. The molecule has 6 nitrogen and oxygen atoms in total. The molecule has 2 N–H and O–H groups in total. The molecule has 6 heteroatoms. The Hall–Kier alpha value is -3.02. The van der Waals surface area contributed by atoms with E-state index in [1.54, 1.807) is 0 Å². The summed E-state index contributed by atoms with van der Waals surface area (Å²) in [7, 11) is 0. The van der Waals surface area contributed by atoms with Gasteiger partial charge in [-0.25, -0.2) is 19.9 Å². The summed E-state index contributed by atoms with van der Waals surface area (Å²) in [4.78, 5) is 17.7. The molecule has 1 aromatic carbocycles. The van der Waals surface area contributed by atoms with E-state index in [1.807, 2.05) is 39.8 Å². The van der Waals surface area contributed by atoms with Crippen molar-refractivity contribution in [3.63, 3.8) is 0 Å². The lowest BCUT2D eigenvalue weighted by molar-refractivity contribution is 0.989. The van der Waals surface area contributed by atoms with Crippen molar-refractivity contribution in [1.82, 2.24) is 19.9 Å². The Labute approximate surface area is 154 Å². The Bertz CT molecular complexity index is 795. The molecule has 3 rings (SSSR count). The molecule has 26 heavy (non-hydrogen) atoms. The van der Waals surface area contributed by atoms with E-state index >= 15 is 0 Å². The first-order valence-electron chi connectivity index (χ1n) is 8.68. The van der Waals surface area contributed by atoms with Gasteiger partial charge in [0.1, 0.15) is 0 Å². The molecular formula is C20H24N6. The van der Waals surface area contributed by atoms with Crippen molar-refractivity contribution in [3.05, 3.63) is 70.3 Å². The summed E-state index contributed by atoms with van der Waals surface area (Å²) in [6.45, 7) is 9.25. The monoisotopic (exact) mass is 348 g/mol. The van der Waals surface area contributed by atoms with Crippen molar-refractivity contribution in [2.75, 3.05) is 10.6 Å². The Morgan fingerprint density at radius 1 is 0.615 bits per heavy atom. The van der Waals surface area contributed by atoms with Gasteiger partial charge >= 0.3 is 0 Å². The van der Waals surface area contributed by atoms with Gasteiger partial charge in [0.05, 0.1) is 0 Å². The third kappa shape index (κ3) is 4.99. The molecule has 3 aromatic rings. The molecule has 0 amide bonds. The Kier molecular flexibility index (Phi) is 5.41. The van der Waals surface area contributed by atoms with E-state index in [9.17, 15) is 0 Å². The quantitative estimate of drug-likeness (QED) is 0.707. The van der Waals surface area contributed by atoms with Crippen LogP contribution in [-0.4, -0.2) is 19.9 Å². The molecule has 0 bridgehead atoms. The highest BCUT2D eigenvalue weighted by molar-refractivity contribution is 5.34. The van der Waals surface area contributed by atoms with Crippen molar-refractivity contribution in [2.45, 2.75) is 40.8 Å². The van der Waals surface area contributed by atoms with Gasteiger partial charge in [-0.3, -0.25) is 0 Å². The van der Waals surface area contributed by atoms with E-state index in [0.29, 0.717) is 25.0 Å². The smallest absolute Gasteiger partial charge is 0.223 e. The van der Waals surface area contributed by atoms with Crippen LogP contribution < -0.4 is 10.6 Å². The van der Waals surface area contributed by atoms with E-state index in [4.69, 9.17) is 0 Å². The van der Waals surface area contributed by atoms with Crippen molar-refractivity contribution < 1.29 is 0 Å². The SMILES string of the molecule is Cc1cc(C)nc(NCc2cccc(CNc3nc(C)cc(C)n3)c2)n1. The fourth-order valence-corrected chi connectivity index (χ4v) is 2.82. The Balaban J connectivity index is 1.62. The molecule has 0 unspecified atom stereocenters. The number of benzene rings is 1. The van der Waals surface area contributed by atoms with Gasteiger partial charge in [0.2, 0.25) is 11.9 Å². The van der Waals surface area contributed by atoms with Crippen LogP contribution in [0.2, 0.25) is 0 Å². The largest absolute Gasteiger partial charge is 0.350 e. The van der Waals surface area contributed by atoms with Gasteiger partial charge < -0.3 is 10.6 Å². The van der Waals surface area contributed by atoms with Gasteiger partial charge in [-0.1, -0.05) is 24.3 Å². The van der Waals surface area contributed by atoms with E-state index in [0.717, 1.165) is 22.8 Å². The summed E-state index contributed by atoms with van der Waals surface area (Å²) < 4.78 is 0. The standard InChI is InChI=1S/C20H24N6/c1-13-8-14(2)24-19(23-13)21-11-17-6-5-7-18(10-17)12-22-20-25-15(3)9-16(4)26-20/h5-10H,11-12H2,1-4H3,(H,21,23,24)(H,22,25,26). The lowest BCUT2D eigenvalue weighted by Gasteiger charge is -2.10. The lowest BCUT2D eigenvalue weighted by atomic mass is 10.1. The number of nitrogens with zero attached hydrogens (tertiary/aromatic N) is 4. The van der Waals surface area contributed by atoms with Crippen LogP contribution in [0.1, 0.15) is 33.9 Å². The van der Waals surface area contributed by atoms with Crippen LogP contribution in [-0.2, 0) is 13.1 Å². The molecule has 0 aliphatic carbocycles. The second-order valence-corrected chi connectivity index (χ2v) is 6.48. The minimum absolute atomic E-state index is 0.662. The van der Waals surface area contributed by atoms with Crippen LogP contribution in [0, 0.1) is 27.7 Å². The number of aryl methyl sites for hydroxylation is 4. The fourth-order valence-electron chi connectivity index (χ4n) is 2.82. The van der Waals surface area contributed by atoms with Gasteiger partial charge in [-0.15, -0.1) is 0 Å². The fraction of sp³-hybridized carbons (Fsp3) is 0.300. The van der Waals surface area contributed by atoms with Crippen molar-refractivity contribution in [1.29, 1.82) is 0 Å². The molecule has 2 aromatic heterocycles. The van der Waals surface area contributed by atoms with Gasteiger partial charge in [0.25, 0.3) is 0 Å². The van der Waals surface area contributed by atoms with Gasteiger partial charge in [-0.2, -0.15) is 0 Å². The molecule has 0 aliphatic heterocycles. The highest BCUT2D eigenvalue weighted by atomic mass is 15.1. The molecule has 0 aliphatic rings. The molecule has 0 saturated carbocycles. The first-order chi connectivity index (χ1) is 12.5. The molecule has 0 fully saturated rings. The number of nitrogens with one attached hydrogen (secondary N) is 2. The normalized spacial score (nSPS) is 10.6. The van der Waals surface area contributed by atoms with Crippen molar-refractivity contribution >= 4 is 11.9 Å². The minimum Gasteiger partial charge on any atom is -0.350 e. The molecule has 0 spiro atoms. The molecule has 0 radical (unpaired) electrons. The number of anilines is 2. The second kappa shape index (κ2) is 7.91. The first-order valence-corrected chi connectivity index (χ1v) is 8.68. The number of hydrogen-bond donors (Lipinski definition) is 2. The van der Waals surface area contributed by atoms with Crippen LogP contribution >= 0.6 is 0 Å². The maximum absolute atomic E-state index is 4.41. The van der Waals surface area contributed by atoms with Crippen LogP contribution in [0.5, 0.6) is 0 Å². The first kappa shape index (κ1) is 17.8. The van der Waals surface area contributed by atoms with Gasteiger partial charge in [-0.05, 0) is 51.0 Å². The Morgan fingerprint density at radius 2 is 1.00 bits per heavy atom. The summed E-state index contributed by atoms with van der Waals surface area (Å²) in [6.07, 6.45) is 0. The van der Waals surface area contributed by atoms with Crippen molar-refractivity contribution in [3.8, 4) is 0 Å². The minimum atomic E-state index is 0.662. The highest BCUT2D eigenvalue weighted by Crippen LogP contribution is 2.11. The van der Waals surface area contributed by atoms with E-state index < -0.39 is 0 Å². The topological polar surface area (TPSA) is 75.6 Å². The van der Waals surface area contributed by atoms with Crippen LogP contribution in [0.3, 0.4) is 0 Å². The third-order valence-corrected chi connectivity index (χ3v) is 3.86. The maximum atomic E-state index is 4.41. The van der Waals surface area contributed by atoms with Crippen LogP contribution in [0.25, 0.3) is 0 Å². The summed E-state index contributed by atoms with van der Waals surface area (Å²) in [5.41, 5.74) is 6.21. The second-order valence-electron chi connectivity index (χ2n) is 6.48. The van der Waals surface area contributed by atoms with E-state index in [1.165, 1.54) is 11.1 Å². The average Bonchev–Trinajstić information content (AvgIpc) is 2.57. The van der Waals surface area contributed by atoms with E-state index in [2.05, 4.69) is 54.8 Å². The summed E-state index contributed by atoms with van der Waals surface area (Å²) in [6, 6.07) is 12.3. The predicted octanol–water partition coefficient (Wildman–Crippen LogP) is 3.72. The summed E-state index contributed by atoms with van der Waals surface area (Å²) in [5, 5.41) is 6.58. The summed E-state index contributed by atoms with van der Waals surface area (Å²) in [5.74, 6) is 1.32. The van der Waals surface area contributed by atoms with Crippen LogP contribution in [0.4, 0.5) is 11.9 Å².